The second-order valence-electron chi connectivity index (χ2n) is 5.78. The third-order valence-corrected chi connectivity index (χ3v) is 3.99. The van der Waals surface area contributed by atoms with E-state index >= 15 is 0 Å². The van der Waals surface area contributed by atoms with Crippen molar-refractivity contribution in [3.63, 3.8) is 0 Å². The van der Waals surface area contributed by atoms with Crippen LogP contribution in [0, 0.1) is 0 Å². The highest BCUT2D eigenvalue weighted by atomic mass is 16.5. The van der Waals surface area contributed by atoms with E-state index in [1.807, 2.05) is 90.6 Å². The quantitative estimate of drug-likeness (QED) is 0.700. The van der Waals surface area contributed by atoms with Gasteiger partial charge in [-0.15, -0.1) is 0 Å². The fourth-order valence-corrected chi connectivity index (χ4v) is 2.75. The van der Waals surface area contributed by atoms with Crippen LogP contribution in [0.3, 0.4) is 0 Å². The molecule has 3 rings (SSSR count). The number of benzene rings is 2. The fraction of sp³-hybridized carbons (Fsp3) is 0.190. The molecule has 1 amide bonds. The highest BCUT2D eigenvalue weighted by molar-refractivity contribution is 5.94. The molecule has 0 aliphatic rings. The Bertz CT molecular complexity index is 781. The summed E-state index contributed by atoms with van der Waals surface area (Å²) in [7, 11) is 0. The lowest BCUT2D eigenvalue weighted by Crippen LogP contribution is -2.27. The zero-order chi connectivity index (χ0) is 17.5. The summed E-state index contributed by atoms with van der Waals surface area (Å²) in [4.78, 5) is 12.9. The summed E-state index contributed by atoms with van der Waals surface area (Å²) in [6.45, 7) is 2.57. The summed E-state index contributed by atoms with van der Waals surface area (Å²) in [5.41, 5.74) is 1.89. The molecule has 1 heterocycles. The molecule has 1 N–H and O–H groups in total. The predicted octanol–water partition coefficient (Wildman–Crippen LogP) is 4.31. The van der Waals surface area contributed by atoms with Crippen molar-refractivity contribution < 1.29 is 9.53 Å². The van der Waals surface area contributed by atoms with Gasteiger partial charge in [0.05, 0.1) is 6.61 Å². The van der Waals surface area contributed by atoms with E-state index in [0.717, 1.165) is 17.0 Å². The van der Waals surface area contributed by atoms with E-state index < -0.39 is 0 Å². The number of amides is 1. The maximum atomic E-state index is 12.9. The molecule has 0 fully saturated rings. The molecule has 25 heavy (non-hydrogen) atoms. The van der Waals surface area contributed by atoms with Gasteiger partial charge in [0.2, 0.25) is 5.91 Å². The second kappa shape index (κ2) is 8.20. The van der Waals surface area contributed by atoms with Crippen LogP contribution < -0.4 is 10.1 Å². The first kappa shape index (κ1) is 16.8. The fourth-order valence-electron chi connectivity index (χ4n) is 2.75. The number of rotatable bonds is 7. The molecule has 1 atom stereocenters. The van der Waals surface area contributed by atoms with Crippen molar-refractivity contribution in [1.82, 2.24) is 4.57 Å². The SMILES string of the molecule is CCOc1ccc(NC(=O)[C@@H](Cc2ccccc2)n2cccc2)cc1. The van der Waals surface area contributed by atoms with E-state index in [-0.39, 0.29) is 11.9 Å². The van der Waals surface area contributed by atoms with Crippen LogP contribution in [-0.2, 0) is 11.2 Å². The molecule has 0 spiro atoms. The summed E-state index contributed by atoms with van der Waals surface area (Å²) in [6.07, 6.45) is 4.48. The van der Waals surface area contributed by atoms with E-state index in [9.17, 15) is 4.79 Å². The van der Waals surface area contributed by atoms with Gasteiger partial charge in [0.25, 0.3) is 0 Å². The van der Waals surface area contributed by atoms with Crippen LogP contribution in [0.4, 0.5) is 5.69 Å². The van der Waals surface area contributed by atoms with Gasteiger partial charge in [-0.05, 0) is 48.9 Å². The van der Waals surface area contributed by atoms with E-state index in [0.29, 0.717) is 13.0 Å². The van der Waals surface area contributed by atoms with Crippen molar-refractivity contribution in [2.75, 3.05) is 11.9 Å². The predicted molar refractivity (Wildman–Crippen MR) is 99.9 cm³/mol. The van der Waals surface area contributed by atoms with Gasteiger partial charge in [-0.2, -0.15) is 0 Å². The van der Waals surface area contributed by atoms with Crippen LogP contribution >= 0.6 is 0 Å². The monoisotopic (exact) mass is 334 g/mol. The summed E-state index contributed by atoms with van der Waals surface area (Å²) < 4.78 is 7.38. The topological polar surface area (TPSA) is 43.3 Å². The maximum absolute atomic E-state index is 12.9. The Morgan fingerprint density at radius 1 is 1.00 bits per heavy atom. The smallest absolute Gasteiger partial charge is 0.247 e. The zero-order valence-corrected chi connectivity index (χ0v) is 14.3. The Morgan fingerprint density at radius 3 is 2.32 bits per heavy atom. The lowest BCUT2D eigenvalue weighted by atomic mass is 10.0. The van der Waals surface area contributed by atoms with Crippen molar-refractivity contribution in [3.05, 3.63) is 84.7 Å². The van der Waals surface area contributed by atoms with E-state index in [1.165, 1.54) is 0 Å². The standard InChI is InChI=1S/C21H22N2O2/c1-2-25-19-12-10-18(11-13-19)22-21(24)20(23-14-6-7-15-23)16-17-8-4-3-5-9-17/h3-15,20H,2,16H2,1H3,(H,22,24)/t20-/m1/s1. The Balaban J connectivity index is 1.75. The average Bonchev–Trinajstić information content (AvgIpc) is 3.17. The third kappa shape index (κ3) is 4.51. The minimum Gasteiger partial charge on any atom is -0.494 e. The zero-order valence-electron chi connectivity index (χ0n) is 14.3. The van der Waals surface area contributed by atoms with Crippen LogP contribution in [0.1, 0.15) is 18.5 Å². The first-order valence-electron chi connectivity index (χ1n) is 8.46. The Hall–Kier alpha value is -3.01. The first-order valence-corrected chi connectivity index (χ1v) is 8.46. The van der Waals surface area contributed by atoms with Gasteiger partial charge >= 0.3 is 0 Å². The number of carbonyl (C=O) groups is 1. The molecule has 0 aliphatic carbocycles. The summed E-state index contributed by atoms with van der Waals surface area (Å²) >= 11 is 0. The number of hydrogen-bond donors (Lipinski definition) is 1. The molecule has 0 unspecified atom stereocenters. The maximum Gasteiger partial charge on any atom is 0.247 e. The van der Waals surface area contributed by atoms with Gasteiger partial charge in [0.15, 0.2) is 0 Å². The highest BCUT2D eigenvalue weighted by Crippen LogP contribution is 2.20. The number of ether oxygens (including phenoxy) is 1. The van der Waals surface area contributed by atoms with Crippen LogP contribution in [0.15, 0.2) is 79.1 Å². The van der Waals surface area contributed by atoms with Crippen LogP contribution in [-0.4, -0.2) is 17.1 Å². The molecule has 0 saturated heterocycles. The van der Waals surface area contributed by atoms with Gasteiger partial charge < -0.3 is 14.6 Å². The van der Waals surface area contributed by atoms with E-state index in [4.69, 9.17) is 4.74 Å². The lowest BCUT2D eigenvalue weighted by molar-refractivity contribution is -0.119. The van der Waals surface area contributed by atoms with Gasteiger partial charge in [0.1, 0.15) is 11.8 Å². The van der Waals surface area contributed by atoms with Crippen LogP contribution in [0.2, 0.25) is 0 Å². The van der Waals surface area contributed by atoms with Crippen LogP contribution in [0.25, 0.3) is 0 Å². The lowest BCUT2D eigenvalue weighted by Gasteiger charge is -2.19. The minimum absolute atomic E-state index is 0.0378. The normalized spacial score (nSPS) is 11.7. The van der Waals surface area contributed by atoms with Crippen molar-refractivity contribution >= 4 is 11.6 Å². The molecule has 0 saturated carbocycles. The Kier molecular flexibility index (Phi) is 5.52. The van der Waals surface area contributed by atoms with Crippen molar-refractivity contribution in [2.24, 2.45) is 0 Å². The molecule has 4 heteroatoms. The van der Waals surface area contributed by atoms with Crippen LogP contribution in [0.5, 0.6) is 5.75 Å². The molecule has 0 bridgehead atoms. The van der Waals surface area contributed by atoms with Crippen molar-refractivity contribution in [3.8, 4) is 5.75 Å². The summed E-state index contributed by atoms with van der Waals surface area (Å²) in [5, 5.41) is 3.00. The highest BCUT2D eigenvalue weighted by Gasteiger charge is 2.20. The average molecular weight is 334 g/mol. The molecule has 2 aromatic carbocycles. The van der Waals surface area contributed by atoms with E-state index in [2.05, 4.69) is 5.32 Å². The summed E-state index contributed by atoms with van der Waals surface area (Å²) in [5.74, 6) is 0.760. The van der Waals surface area contributed by atoms with E-state index in [1.54, 1.807) is 0 Å². The molecule has 1 aromatic heterocycles. The van der Waals surface area contributed by atoms with Gasteiger partial charge in [0, 0.05) is 24.5 Å². The number of hydrogen-bond acceptors (Lipinski definition) is 2. The minimum atomic E-state index is -0.302. The second-order valence-corrected chi connectivity index (χ2v) is 5.78. The third-order valence-electron chi connectivity index (χ3n) is 3.99. The Morgan fingerprint density at radius 2 is 1.68 bits per heavy atom. The van der Waals surface area contributed by atoms with Crippen molar-refractivity contribution in [1.29, 1.82) is 0 Å². The molecular formula is C21H22N2O2. The molecule has 128 valence electrons. The number of carbonyl (C=O) groups excluding carboxylic acids is 1. The molecule has 0 aliphatic heterocycles. The Labute approximate surface area is 148 Å². The van der Waals surface area contributed by atoms with Gasteiger partial charge in [-0.25, -0.2) is 0 Å². The largest absolute Gasteiger partial charge is 0.494 e. The molecule has 0 radical (unpaired) electrons. The number of aromatic nitrogens is 1. The molecular weight excluding hydrogens is 312 g/mol. The summed E-state index contributed by atoms with van der Waals surface area (Å²) in [6, 6.07) is 21.1. The first-order chi connectivity index (χ1) is 12.3. The van der Waals surface area contributed by atoms with Crippen molar-refractivity contribution in [2.45, 2.75) is 19.4 Å². The van der Waals surface area contributed by atoms with Gasteiger partial charge in [-0.3, -0.25) is 4.79 Å². The van der Waals surface area contributed by atoms with Gasteiger partial charge in [-0.1, -0.05) is 30.3 Å². The number of nitrogens with zero attached hydrogens (tertiary/aromatic N) is 1. The molecule has 3 aromatic rings. The number of anilines is 1. The molecule has 4 nitrogen and oxygen atoms in total. The number of nitrogens with one attached hydrogen (secondary N) is 1.